The number of amides is 1. The summed E-state index contributed by atoms with van der Waals surface area (Å²) in [6, 6.07) is 9.46. The summed E-state index contributed by atoms with van der Waals surface area (Å²) in [6.07, 6.45) is 6.39. The SMILES string of the molecule is CCC1(CNC(=NC)NCC(=O)Nc2ccccc2)CCCC1.I. The molecule has 0 heterocycles. The van der Waals surface area contributed by atoms with Gasteiger partial charge >= 0.3 is 0 Å². The summed E-state index contributed by atoms with van der Waals surface area (Å²) in [6.45, 7) is 3.38. The molecule has 1 aromatic carbocycles. The minimum Gasteiger partial charge on any atom is -0.356 e. The maximum absolute atomic E-state index is 12.0. The van der Waals surface area contributed by atoms with Crippen LogP contribution in [0.4, 0.5) is 5.69 Å². The van der Waals surface area contributed by atoms with E-state index in [0.717, 1.165) is 12.2 Å². The number of rotatable bonds is 6. The van der Waals surface area contributed by atoms with Gasteiger partial charge in [-0.05, 0) is 36.8 Å². The summed E-state index contributed by atoms with van der Waals surface area (Å²) >= 11 is 0. The fourth-order valence-corrected chi connectivity index (χ4v) is 3.16. The number of nitrogens with one attached hydrogen (secondary N) is 3. The first-order valence-electron chi connectivity index (χ1n) is 8.47. The quantitative estimate of drug-likeness (QED) is 0.358. The van der Waals surface area contributed by atoms with Crippen molar-refractivity contribution < 1.29 is 4.79 Å². The maximum Gasteiger partial charge on any atom is 0.243 e. The average molecular weight is 444 g/mol. The molecule has 0 radical (unpaired) electrons. The minimum absolute atomic E-state index is 0. The standard InChI is InChI=1S/C18H28N4O.HI/c1-3-18(11-7-8-12-18)14-21-17(19-2)20-13-16(23)22-15-9-5-4-6-10-15;/h4-6,9-10H,3,7-8,11-14H2,1-2H3,(H,22,23)(H2,19,20,21);1H. The zero-order valence-electron chi connectivity index (χ0n) is 14.6. The number of hydrogen-bond donors (Lipinski definition) is 3. The monoisotopic (exact) mass is 444 g/mol. The smallest absolute Gasteiger partial charge is 0.243 e. The third-order valence-electron chi connectivity index (χ3n) is 4.74. The van der Waals surface area contributed by atoms with Crippen LogP contribution in [-0.2, 0) is 4.79 Å². The molecule has 0 aliphatic heterocycles. The minimum atomic E-state index is -0.0785. The second-order valence-corrected chi connectivity index (χ2v) is 6.25. The zero-order valence-corrected chi connectivity index (χ0v) is 16.9. The molecule has 0 aromatic heterocycles. The summed E-state index contributed by atoms with van der Waals surface area (Å²) in [5, 5.41) is 9.32. The Balaban J connectivity index is 0.00000288. The second-order valence-electron chi connectivity index (χ2n) is 6.25. The van der Waals surface area contributed by atoms with Crippen molar-refractivity contribution in [2.75, 3.05) is 25.5 Å². The first kappa shape index (κ1) is 20.7. The van der Waals surface area contributed by atoms with Crippen LogP contribution in [0.15, 0.2) is 35.3 Å². The molecule has 1 amide bonds. The summed E-state index contributed by atoms with van der Waals surface area (Å²) in [7, 11) is 1.73. The highest BCUT2D eigenvalue weighted by molar-refractivity contribution is 14.0. The lowest BCUT2D eigenvalue weighted by Crippen LogP contribution is -2.45. The van der Waals surface area contributed by atoms with E-state index in [1.54, 1.807) is 7.05 Å². The van der Waals surface area contributed by atoms with Gasteiger partial charge in [-0.3, -0.25) is 9.79 Å². The van der Waals surface area contributed by atoms with E-state index in [2.05, 4.69) is 27.9 Å². The lowest BCUT2D eigenvalue weighted by atomic mass is 9.83. The molecule has 0 spiro atoms. The molecule has 0 atom stereocenters. The first-order chi connectivity index (χ1) is 11.2. The van der Waals surface area contributed by atoms with E-state index >= 15 is 0 Å². The van der Waals surface area contributed by atoms with E-state index in [1.165, 1.54) is 32.1 Å². The van der Waals surface area contributed by atoms with Crippen LogP contribution < -0.4 is 16.0 Å². The molecule has 1 aromatic rings. The molecule has 0 bridgehead atoms. The number of anilines is 1. The number of guanidine groups is 1. The highest BCUT2D eigenvalue weighted by Gasteiger charge is 2.31. The average Bonchev–Trinajstić information content (AvgIpc) is 3.05. The highest BCUT2D eigenvalue weighted by Crippen LogP contribution is 2.40. The van der Waals surface area contributed by atoms with Gasteiger partial charge in [-0.1, -0.05) is 38.0 Å². The zero-order chi connectivity index (χ0) is 16.5. The van der Waals surface area contributed by atoms with E-state index in [0.29, 0.717) is 11.4 Å². The summed E-state index contributed by atoms with van der Waals surface area (Å²) in [5.74, 6) is 0.609. The van der Waals surface area contributed by atoms with Gasteiger partial charge in [0.05, 0.1) is 6.54 Å². The predicted molar refractivity (Wildman–Crippen MR) is 111 cm³/mol. The normalized spacial score (nSPS) is 16.2. The van der Waals surface area contributed by atoms with Crippen LogP contribution in [0.2, 0.25) is 0 Å². The molecule has 2 rings (SSSR count). The van der Waals surface area contributed by atoms with Gasteiger partial charge in [0.15, 0.2) is 5.96 Å². The van der Waals surface area contributed by atoms with Crippen LogP contribution in [0.5, 0.6) is 0 Å². The summed E-state index contributed by atoms with van der Waals surface area (Å²) in [5.41, 5.74) is 1.20. The van der Waals surface area contributed by atoms with Gasteiger partial charge < -0.3 is 16.0 Å². The number of aliphatic imine (C=N–C) groups is 1. The Morgan fingerprint density at radius 3 is 2.42 bits per heavy atom. The van der Waals surface area contributed by atoms with E-state index in [9.17, 15) is 4.79 Å². The number of hydrogen-bond acceptors (Lipinski definition) is 2. The summed E-state index contributed by atoms with van der Waals surface area (Å²) in [4.78, 5) is 16.2. The molecule has 0 saturated heterocycles. The third kappa shape index (κ3) is 6.30. The largest absolute Gasteiger partial charge is 0.356 e. The van der Waals surface area contributed by atoms with Crippen LogP contribution in [0.3, 0.4) is 0 Å². The number of benzene rings is 1. The van der Waals surface area contributed by atoms with Gasteiger partial charge in [0.1, 0.15) is 0 Å². The molecule has 1 aliphatic carbocycles. The Kier molecular flexibility index (Phi) is 9.10. The van der Waals surface area contributed by atoms with E-state index in [-0.39, 0.29) is 36.4 Å². The van der Waals surface area contributed by atoms with Crippen molar-refractivity contribution in [3.05, 3.63) is 30.3 Å². The number of carbonyl (C=O) groups excluding carboxylic acids is 1. The van der Waals surface area contributed by atoms with Crippen LogP contribution in [-0.4, -0.2) is 32.0 Å². The Hall–Kier alpha value is -1.31. The van der Waals surface area contributed by atoms with Crippen molar-refractivity contribution in [2.24, 2.45) is 10.4 Å². The molecule has 24 heavy (non-hydrogen) atoms. The Morgan fingerprint density at radius 2 is 1.83 bits per heavy atom. The molecular formula is C18H29IN4O. The van der Waals surface area contributed by atoms with Gasteiger partial charge in [-0.15, -0.1) is 24.0 Å². The van der Waals surface area contributed by atoms with Crippen molar-refractivity contribution in [3.8, 4) is 0 Å². The Labute approximate surface area is 162 Å². The Bertz CT molecular complexity index is 527. The molecule has 1 fully saturated rings. The highest BCUT2D eigenvalue weighted by atomic mass is 127. The fourth-order valence-electron chi connectivity index (χ4n) is 3.16. The molecule has 134 valence electrons. The van der Waals surface area contributed by atoms with Crippen LogP contribution in [0, 0.1) is 5.41 Å². The predicted octanol–water partition coefficient (Wildman–Crippen LogP) is 3.38. The summed E-state index contributed by atoms with van der Waals surface area (Å²) < 4.78 is 0. The number of carbonyl (C=O) groups is 1. The van der Waals surface area contributed by atoms with Gasteiger partial charge in [-0.25, -0.2) is 0 Å². The van der Waals surface area contributed by atoms with Crippen LogP contribution in [0.25, 0.3) is 0 Å². The fraction of sp³-hybridized carbons (Fsp3) is 0.556. The van der Waals surface area contributed by atoms with Crippen molar-refractivity contribution in [1.82, 2.24) is 10.6 Å². The second kappa shape index (κ2) is 10.5. The van der Waals surface area contributed by atoms with Crippen molar-refractivity contribution in [3.63, 3.8) is 0 Å². The van der Waals surface area contributed by atoms with E-state index in [1.807, 2.05) is 30.3 Å². The van der Waals surface area contributed by atoms with Gasteiger partial charge in [-0.2, -0.15) is 0 Å². The van der Waals surface area contributed by atoms with Crippen molar-refractivity contribution in [1.29, 1.82) is 0 Å². The Morgan fingerprint density at radius 1 is 1.17 bits per heavy atom. The van der Waals surface area contributed by atoms with Gasteiger partial charge in [0.25, 0.3) is 0 Å². The van der Waals surface area contributed by atoms with Crippen molar-refractivity contribution >= 4 is 41.5 Å². The van der Waals surface area contributed by atoms with Gasteiger partial charge in [0.2, 0.25) is 5.91 Å². The number of para-hydroxylation sites is 1. The third-order valence-corrected chi connectivity index (χ3v) is 4.74. The topological polar surface area (TPSA) is 65.5 Å². The maximum atomic E-state index is 12.0. The molecular weight excluding hydrogens is 415 g/mol. The molecule has 0 unspecified atom stereocenters. The van der Waals surface area contributed by atoms with Gasteiger partial charge in [0, 0.05) is 19.3 Å². The lowest BCUT2D eigenvalue weighted by Gasteiger charge is -2.28. The van der Waals surface area contributed by atoms with E-state index in [4.69, 9.17) is 0 Å². The molecule has 3 N–H and O–H groups in total. The first-order valence-corrected chi connectivity index (χ1v) is 8.47. The molecule has 5 nitrogen and oxygen atoms in total. The number of nitrogens with zero attached hydrogens (tertiary/aromatic N) is 1. The van der Waals surface area contributed by atoms with E-state index < -0.39 is 0 Å². The van der Waals surface area contributed by atoms with Crippen LogP contribution in [0.1, 0.15) is 39.0 Å². The number of halogens is 1. The van der Waals surface area contributed by atoms with Crippen molar-refractivity contribution in [2.45, 2.75) is 39.0 Å². The molecule has 6 heteroatoms. The van der Waals surface area contributed by atoms with Crippen LogP contribution >= 0.6 is 24.0 Å². The molecule has 1 saturated carbocycles. The molecule has 1 aliphatic rings. The lowest BCUT2D eigenvalue weighted by molar-refractivity contribution is -0.115.